The molecule has 0 saturated carbocycles. The molecule has 1 amide bonds. The number of phenolic OH excluding ortho intramolecular Hbond substituents is 1. The second-order valence-corrected chi connectivity index (χ2v) is 4.92. The van der Waals surface area contributed by atoms with Crippen LogP contribution in [-0.2, 0) is 11.3 Å². The number of amides is 1. The van der Waals surface area contributed by atoms with Crippen molar-refractivity contribution in [1.29, 1.82) is 0 Å². The summed E-state index contributed by atoms with van der Waals surface area (Å²) >= 11 is 0. The largest absolute Gasteiger partial charge is 0.505 e. The van der Waals surface area contributed by atoms with E-state index in [1.807, 2.05) is 4.90 Å². The van der Waals surface area contributed by atoms with E-state index in [0.29, 0.717) is 6.54 Å². The van der Waals surface area contributed by atoms with Crippen LogP contribution in [0, 0.1) is 5.82 Å². The molecule has 1 aliphatic heterocycles. The molecule has 5 heteroatoms. The van der Waals surface area contributed by atoms with E-state index < -0.39 is 5.82 Å². The fourth-order valence-electron chi connectivity index (χ4n) is 2.35. The quantitative estimate of drug-likeness (QED) is 0.884. The van der Waals surface area contributed by atoms with Crippen molar-refractivity contribution in [3.63, 3.8) is 0 Å². The average molecular weight is 266 g/mol. The zero-order valence-electron chi connectivity index (χ0n) is 11.1. The summed E-state index contributed by atoms with van der Waals surface area (Å²) < 4.78 is 13.3. The van der Waals surface area contributed by atoms with Crippen molar-refractivity contribution >= 4 is 5.91 Å². The monoisotopic (exact) mass is 266 g/mol. The number of carbonyl (C=O) groups is 1. The van der Waals surface area contributed by atoms with E-state index in [1.54, 1.807) is 13.0 Å². The molecule has 4 nitrogen and oxygen atoms in total. The zero-order valence-corrected chi connectivity index (χ0v) is 11.1. The maximum Gasteiger partial charge on any atom is 0.219 e. The van der Waals surface area contributed by atoms with Crippen LogP contribution in [0.25, 0.3) is 0 Å². The maximum atomic E-state index is 13.3. The molecule has 1 aliphatic rings. The predicted octanol–water partition coefficient (Wildman–Crippen LogP) is 1.59. The molecule has 19 heavy (non-hydrogen) atoms. The fraction of sp³-hybridized carbons (Fsp3) is 0.500. The summed E-state index contributed by atoms with van der Waals surface area (Å²) in [4.78, 5) is 15.4. The van der Waals surface area contributed by atoms with Crippen molar-refractivity contribution in [2.45, 2.75) is 19.9 Å². The Bertz CT molecular complexity index is 465. The van der Waals surface area contributed by atoms with Crippen LogP contribution in [0.4, 0.5) is 4.39 Å². The first-order valence-corrected chi connectivity index (χ1v) is 6.51. The Hall–Kier alpha value is -1.62. The van der Waals surface area contributed by atoms with Gasteiger partial charge in [0.05, 0.1) is 0 Å². The van der Waals surface area contributed by atoms with E-state index in [4.69, 9.17) is 5.11 Å². The lowest BCUT2D eigenvalue weighted by Crippen LogP contribution is -2.33. The summed E-state index contributed by atoms with van der Waals surface area (Å²) in [6.07, 6.45) is 0.931. The third kappa shape index (κ3) is 3.67. The van der Waals surface area contributed by atoms with E-state index in [1.165, 1.54) is 12.1 Å². The molecule has 0 radical (unpaired) electrons. The second kappa shape index (κ2) is 6.02. The van der Waals surface area contributed by atoms with Gasteiger partial charge in [0, 0.05) is 39.6 Å². The van der Waals surface area contributed by atoms with Gasteiger partial charge in [0.1, 0.15) is 0 Å². The molecular weight excluding hydrogens is 247 g/mol. The number of phenols is 1. The normalized spacial score (nSPS) is 17.3. The summed E-state index contributed by atoms with van der Waals surface area (Å²) in [7, 11) is 0. The number of halogens is 1. The highest BCUT2D eigenvalue weighted by atomic mass is 19.1. The van der Waals surface area contributed by atoms with Gasteiger partial charge in [-0.2, -0.15) is 0 Å². The van der Waals surface area contributed by atoms with E-state index in [9.17, 15) is 9.18 Å². The van der Waals surface area contributed by atoms with Crippen molar-refractivity contribution in [2.24, 2.45) is 0 Å². The van der Waals surface area contributed by atoms with E-state index in [-0.39, 0.29) is 11.7 Å². The van der Waals surface area contributed by atoms with Crippen LogP contribution in [-0.4, -0.2) is 47.0 Å². The molecule has 104 valence electrons. The summed E-state index contributed by atoms with van der Waals surface area (Å²) in [6, 6.07) is 4.47. The first-order chi connectivity index (χ1) is 9.06. The highest BCUT2D eigenvalue weighted by molar-refractivity contribution is 5.73. The van der Waals surface area contributed by atoms with Crippen LogP contribution < -0.4 is 0 Å². The molecule has 1 N–H and O–H groups in total. The van der Waals surface area contributed by atoms with Crippen LogP contribution >= 0.6 is 0 Å². The molecule has 1 aromatic rings. The van der Waals surface area contributed by atoms with Gasteiger partial charge in [0.25, 0.3) is 0 Å². The van der Waals surface area contributed by atoms with Crippen LogP contribution in [0.3, 0.4) is 0 Å². The minimum atomic E-state index is -0.585. The number of aromatic hydroxyl groups is 1. The van der Waals surface area contributed by atoms with Gasteiger partial charge >= 0.3 is 0 Å². The van der Waals surface area contributed by atoms with Gasteiger partial charge in [-0.25, -0.2) is 4.39 Å². The molecule has 1 heterocycles. The molecule has 0 atom stereocenters. The first-order valence-electron chi connectivity index (χ1n) is 6.51. The van der Waals surface area contributed by atoms with Gasteiger partial charge in [-0.1, -0.05) is 6.07 Å². The van der Waals surface area contributed by atoms with Crippen molar-refractivity contribution in [2.75, 3.05) is 26.2 Å². The summed E-state index contributed by atoms with van der Waals surface area (Å²) in [5.74, 6) is -0.794. The Morgan fingerprint density at radius 1 is 1.32 bits per heavy atom. The zero-order chi connectivity index (χ0) is 13.8. The van der Waals surface area contributed by atoms with Gasteiger partial charge in [-0.3, -0.25) is 9.69 Å². The van der Waals surface area contributed by atoms with Gasteiger partial charge in [0.15, 0.2) is 11.6 Å². The van der Waals surface area contributed by atoms with E-state index in [0.717, 1.165) is 38.2 Å². The number of hydrogen-bond donors (Lipinski definition) is 1. The van der Waals surface area contributed by atoms with Crippen molar-refractivity contribution in [1.82, 2.24) is 9.80 Å². The third-order valence-corrected chi connectivity index (χ3v) is 3.45. The lowest BCUT2D eigenvalue weighted by Gasteiger charge is -2.21. The lowest BCUT2D eigenvalue weighted by molar-refractivity contribution is -0.128. The van der Waals surface area contributed by atoms with Crippen molar-refractivity contribution < 1.29 is 14.3 Å². The molecule has 0 aromatic heterocycles. The summed E-state index contributed by atoms with van der Waals surface area (Å²) in [6.45, 7) is 5.42. The standard InChI is InChI=1S/C14H19FN2O2/c1-11(18)17-6-2-5-16(7-8-17)10-12-3-4-14(19)13(15)9-12/h3-4,9,19H,2,5-8,10H2,1H3. The van der Waals surface area contributed by atoms with Crippen molar-refractivity contribution in [3.05, 3.63) is 29.6 Å². The Balaban J connectivity index is 1.95. The number of carbonyl (C=O) groups excluding carboxylic acids is 1. The van der Waals surface area contributed by atoms with Crippen LogP contribution in [0.2, 0.25) is 0 Å². The van der Waals surface area contributed by atoms with Crippen LogP contribution in [0.5, 0.6) is 5.75 Å². The smallest absolute Gasteiger partial charge is 0.219 e. The van der Waals surface area contributed by atoms with Crippen LogP contribution in [0.1, 0.15) is 18.9 Å². The molecule has 0 bridgehead atoms. The Morgan fingerprint density at radius 3 is 2.79 bits per heavy atom. The first kappa shape index (κ1) is 13.8. The van der Waals surface area contributed by atoms with E-state index in [2.05, 4.69) is 4.90 Å². The van der Waals surface area contributed by atoms with Gasteiger partial charge in [-0.05, 0) is 24.1 Å². The second-order valence-electron chi connectivity index (χ2n) is 4.92. The highest BCUT2D eigenvalue weighted by Crippen LogP contribution is 2.18. The SMILES string of the molecule is CC(=O)N1CCCN(Cc2ccc(O)c(F)c2)CC1. The van der Waals surface area contributed by atoms with Crippen LogP contribution in [0.15, 0.2) is 18.2 Å². The van der Waals surface area contributed by atoms with Gasteiger partial charge < -0.3 is 10.0 Å². The number of rotatable bonds is 2. The molecule has 0 unspecified atom stereocenters. The molecule has 2 rings (SSSR count). The summed E-state index contributed by atoms with van der Waals surface area (Å²) in [5.41, 5.74) is 0.839. The molecule has 1 fully saturated rings. The molecule has 1 saturated heterocycles. The van der Waals surface area contributed by atoms with Gasteiger partial charge in [-0.15, -0.1) is 0 Å². The minimum Gasteiger partial charge on any atom is -0.505 e. The van der Waals surface area contributed by atoms with E-state index >= 15 is 0 Å². The molecule has 0 aliphatic carbocycles. The predicted molar refractivity (Wildman–Crippen MR) is 70.2 cm³/mol. The third-order valence-electron chi connectivity index (χ3n) is 3.45. The number of nitrogens with zero attached hydrogens (tertiary/aromatic N) is 2. The Morgan fingerprint density at radius 2 is 2.11 bits per heavy atom. The fourth-order valence-corrected chi connectivity index (χ4v) is 2.35. The number of benzene rings is 1. The molecule has 1 aromatic carbocycles. The summed E-state index contributed by atoms with van der Waals surface area (Å²) in [5, 5.41) is 9.16. The topological polar surface area (TPSA) is 43.8 Å². The van der Waals surface area contributed by atoms with Gasteiger partial charge in [0.2, 0.25) is 5.91 Å². The Labute approximate surface area is 112 Å². The van der Waals surface area contributed by atoms with Crippen molar-refractivity contribution in [3.8, 4) is 5.75 Å². The minimum absolute atomic E-state index is 0.109. The average Bonchev–Trinajstić information content (AvgIpc) is 2.59. The molecular formula is C14H19FN2O2. The highest BCUT2D eigenvalue weighted by Gasteiger charge is 2.16. The maximum absolute atomic E-state index is 13.3. The lowest BCUT2D eigenvalue weighted by atomic mass is 10.2. The number of hydrogen-bond acceptors (Lipinski definition) is 3. The molecule has 0 spiro atoms. The Kier molecular flexibility index (Phi) is 4.37.